The zero-order chi connectivity index (χ0) is 13.5. The van der Waals surface area contributed by atoms with E-state index < -0.39 is 6.04 Å². The van der Waals surface area contributed by atoms with Crippen molar-refractivity contribution in [2.75, 3.05) is 33.2 Å². The lowest BCUT2D eigenvalue weighted by molar-refractivity contribution is 0.0837. The van der Waals surface area contributed by atoms with Gasteiger partial charge < -0.3 is 25.6 Å². The Kier molecular flexibility index (Phi) is 5.41. The van der Waals surface area contributed by atoms with Gasteiger partial charge in [0.15, 0.2) is 0 Å². The first-order valence-corrected chi connectivity index (χ1v) is 5.46. The summed E-state index contributed by atoms with van der Waals surface area (Å²) >= 11 is 0. The van der Waals surface area contributed by atoms with Crippen molar-refractivity contribution < 1.29 is 19.4 Å². The van der Waals surface area contributed by atoms with E-state index in [1.807, 2.05) is 0 Å². The van der Waals surface area contributed by atoms with Crippen molar-refractivity contribution >= 4 is 11.6 Å². The van der Waals surface area contributed by atoms with Gasteiger partial charge in [0, 0.05) is 18.9 Å². The summed E-state index contributed by atoms with van der Waals surface area (Å²) in [4.78, 5) is 12.0. The van der Waals surface area contributed by atoms with Crippen molar-refractivity contribution in [3.63, 3.8) is 0 Å². The van der Waals surface area contributed by atoms with Gasteiger partial charge in [0.25, 0.3) is 5.91 Å². The fourth-order valence-electron chi connectivity index (χ4n) is 1.50. The fourth-order valence-corrected chi connectivity index (χ4v) is 1.50. The van der Waals surface area contributed by atoms with E-state index in [0.29, 0.717) is 17.0 Å². The first kappa shape index (κ1) is 14.3. The van der Waals surface area contributed by atoms with Crippen LogP contribution < -0.4 is 15.8 Å². The molecule has 0 radical (unpaired) electrons. The highest BCUT2D eigenvalue weighted by molar-refractivity contribution is 5.97. The molecule has 0 saturated carbocycles. The third-order valence-electron chi connectivity index (χ3n) is 2.39. The zero-order valence-electron chi connectivity index (χ0n) is 10.5. The van der Waals surface area contributed by atoms with Gasteiger partial charge in [-0.05, 0) is 12.1 Å². The van der Waals surface area contributed by atoms with Crippen LogP contribution in [0.2, 0.25) is 0 Å². The van der Waals surface area contributed by atoms with Crippen LogP contribution in [0.5, 0.6) is 5.75 Å². The maximum absolute atomic E-state index is 12.0. The first-order valence-electron chi connectivity index (χ1n) is 5.46. The van der Waals surface area contributed by atoms with Gasteiger partial charge in [0.2, 0.25) is 0 Å². The molecule has 100 valence electrons. The molecule has 1 aromatic carbocycles. The first-order chi connectivity index (χ1) is 8.62. The average Bonchev–Trinajstić information content (AvgIpc) is 2.37. The maximum Gasteiger partial charge on any atom is 0.255 e. The number of nitrogen functional groups attached to an aromatic ring is 1. The van der Waals surface area contributed by atoms with Crippen LogP contribution in [-0.2, 0) is 4.74 Å². The normalized spacial score (nSPS) is 11.9. The van der Waals surface area contributed by atoms with Gasteiger partial charge in [-0.1, -0.05) is 0 Å². The third-order valence-corrected chi connectivity index (χ3v) is 2.39. The van der Waals surface area contributed by atoms with Gasteiger partial charge in [0.1, 0.15) is 5.75 Å². The number of hydrogen-bond acceptors (Lipinski definition) is 5. The Morgan fingerprint density at radius 2 is 2.22 bits per heavy atom. The van der Waals surface area contributed by atoms with E-state index >= 15 is 0 Å². The highest BCUT2D eigenvalue weighted by Gasteiger charge is 2.16. The van der Waals surface area contributed by atoms with E-state index in [0.717, 1.165) is 0 Å². The molecule has 6 heteroatoms. The molecular weight excluding hydrogens is 236 g/mol. The van der Waals surface area contributed by atoms with E-state index in [1.54, 1.807) is 18.2 Å². The Labute approximate surface area is 106 Å². The van der Waals surface area contributed by atoms with Crippen LogP contribution in [0.15, 0.2) is 18.2 Å². The maximum atomic E-state index is 12.0. The van der Waals surface area contributed by atoms with Crippen molar-refractivity contribution in [2.24, 2.45) is 0 Å². The van der Waals surface area contributed by atoms with Gasteiger partial charge >= 0.3 is 0 Å². The standard InChI is InChI=1S/C12H18N2O4/c1-17-7-9(6-15)14-12(16)10-4-3-8(13)5-11(10)18-2/h3-5,9,15H,6-7,13H2,1-2H3,(H,14,16). The number of aliphatic hydroxyl groups is 1. The molecule has 0 spiro atoms. The highest BCUT2D eigenvalue weighted by atomic mass is 16.5. The van der Waals surface area contributed by atoms with Gasteiger partial charge in [0.05, 0.1) is 31.9 Å². The Hall–Kier alpha value is -1.79. The number of aliphatic hydroxyl groups excluding tert-OH is 1. The second kappa shape index (κ2) is 6.83. The van der Waals surface area contributed by atoms with Crippen molar-refractivity contribution in [1.29, 1.82) is 0 Å². The van der Waals surface area contributed by atoms with Gasteiger partial charge in [-0.15, -0.1) is 0 Å². The molecule has 1 aromatic rings. The summed E-state index contributed by atoms with van der Waals surface area (Å²) in [5.74, 6) is 0.0459. The Balaban J connectivity index is 2.83. The number of carbonyl (C=O) groups excluding carboxylic acids is 1. The van der Waals surface area contributed by atoms with Crippen LogP contribution in [0.4, 0.5) is 5.69 Å². The van der Waals surface area contributed by atoms with Gasteiger partial charge in [-0.25, -0.2) is 0 Å². The number of rotatable bonds is 6. The number of nitrogens with two attached hydrogens (primary N) is 1. The summed E-state index contributed by atoms with van der Waals surface area (Å²) in [6, 6.07) is 4.30. The lowest BCUT2D eigenvalue weighted by Crippen LogP contribution is -2.40. The molecule has 1 atom stereocenters. The van der Waals surface area contributed by atoms with Crippen LogP contribution in [-0.4, -0.2) is 44.5 Å². The monoisotopic (exact) mass is 254 g/mol. The molecule has 6 nitrogen and oxygen atoms in total. The fraction of sp³-hybridized carbons (Fsp3) is 0.417. The van der Waals surface area contributed by atoms with E-state index in [2.05, 4.69) is 5.32 Å². The molecule has 0 aromatic heterocycles. The molecule has 0 aliphatic carbocycles. The number of hydrogen-bond donors (Lipinski definition) is 3. The van der Waals surface area contributed by atoms with E-state index in [4.69, 9.17) is 20.3 Å². The molecule has 0 heterocycles. The quantitative estimate of drug-likeness (QED) is 0.622. The second-order valence-electron chi connectivity index (χ2n) is 3.77. The SMILES string of the molecule is COCC(CO)NC(=O)c1ccc(N)cc1OC. The van der Waals surface area contributed by atoms with Crippen molar-refractivity contribution in [3.05, 3.63) is 23.8 Å². The number of amides is 1. The molecule has 0 fully saturated rings. The summed E-state index contributed by atoms with van der Waals surface area (Å²) in [5, 5.41) is 11.7. The van der Waals surface area contributed by atoms with Crippen LogP contribution in [0, 0.1) is 0 Å². The zero-order valence-corrected chi connectivity index (χ0v) is 10.5. The summed E-state index contributed by atoms with van der Waals surface area (Å²) in [7, 11) is 2.96. The van der Waals surface area contributed by atoms with E-state index in [-0.39, 0.29) is 19.1 Å². The molecule has 18 heavy (non-hydrogen) atoms. The Bertz CT molecular complexity index is 409. The smallest absolute Gasteiger partial charge is 0.255 e. The number of carbonyl (C=O) groups is 1. The average molecular weight is 254 g/mol. The Morgan fingerprint density at radius 1 is 1.50 bits per heavy atom. The topological polar surface area (TPSA) is 93.8 Å². The number of ether oxygens (including phenoxy) is 2. The van der Waals surface area contributed by atoms with Crippen molar-refractivity contribution in [3.8, 4) is 5.75 Å². The number of nitrogens with one attached hydrogen (secondary N) is 1. The molecular formula is C12H18N2O4. The molecule has 1 unspecified atom stereocenters. The summed E-state index contributed by atoms with van der Waals surface area (Å²) in [6.45, 7) is 0.0381. The lowest BCUT2D eigenvalue weighted by atomic mass is 10.1. The number of benzene rings is 1. The molecule has 0 bridgehead atoms. The van der Waals surface area contributed by atoms with Crippen molar-refractivity contribution in [2.45, 2.75) is 6.04 Å². The predicted molar refractivity (Wildman–Crippen MR) is 67.6 cm³/mol. The van der Waals surface area contributed by atoms with Crippen LogP contribution in [0.1, 0.15) is 10.4 Å². The molecule has 4 N–H and O–H groups in total. The second-order valence-corrected chi connectivity index (χ2v) is 3.77. The van der Waals surface area contributed by atoms with Gasteiger partial charge in [-0.2, -0.15) is 0 Å². The Morgan fingerprint density at radius 3 is 2.78 bits per heavy atom. The van der Waals surface area contributed by atoms with Crippen LogP contribution in [0.25, 0.3) is 0 Å². The summed E-state index contributed by atoms with van der Waals surface area (Å²) < 4.78 is 9.97. The summed E-state index contributed by atoms with van der Waals surface area (Å²) in [6.07, 6.45) is 0. The molecule has 1 rings (SSSR count). The molecule has 0 aliphatic heterocycles. The van der Waals surface area contributed by atoms with Crippen LogP contribution >= 0.6 is 0 Å². The number of methoxy groups -OCH3 is 2. The van der Waals surface area contributed by atoms with E-state index in [9.17, 15) is 4.79 Å². The minimum Gasteiger partial charge on any atom is -0.496 e. The minimum absolute atomic E-state index is 0.198. The molecule has 1 amide bonds. The predicted octanol–water partition coefficient (Wildman–Crippen LogP) is 0.0145. The minimum atomic E-state index is -0.454. The van der Waals surface area contributed by atoms with Crippen molar-refractivity contribution in [1.82, 2.24) is 5.32 Å². The molecule has 0 saturated heterocycles. The van der Waals surface area contributed by atoms with Crippen LogP contribution in [0.3, 0.4) is 0 Å². The largest absolute Gasteiger partial charge is 0.496 e. The molecule has 0 aliphatic rings. The highest BCUT2D eigenvalue weighted by Crippen LogP contribution is 2.21. The summed E-state index contributed by atoms with van der Waals surface area (Å²) in [5.41, 5.74) is 6.48. The van der Waals surface area contributed by atoms with Gasteiger partial charge in [-0.3, -0.25) is 4.79 Å². The number of anilines is 1. The third kappa shape index (κ3) is 3.61. The van der Waals surface area contributed by atoms with E-state index in [1.165, 1.54) is 14.2 Å². The lowest BCUT2D eigenvalue weighted by Gasteiger charge is -2.16.